The van der Waals surface area contributed by atoms with E-state index in [9.17, 15) is 0 Å². The van der Waals surface area contributed by atoms with E-state index in [0.29, 0.717) is 22.1 Å². The van der Waals surface area contributed by atoms with Gasteiger partial charge < -0.3 is 10.6 Å². The first-order valence-electron chi connectivity index (χ1n) is 7.10. The molecule has 1 saturated heterocycles. The molecule has 1 aliphatic heterocycles. The van der Waals surface area contributed by atoms with Gasteiger partial charge in [-0.25, -0.2) is 0 Å². The fourth-order valence-electron chi connectivity index (χ4n) is 2.67. The Morgan fingerprint density at radius 1 is 1.32 bits per heavy atom. The summed E-state index contributed by atoms with van der Waals surface area (Å²) in [6.07, 6.45) is 6.38. The fourth-order valence-corrected chi connectivity index (χ4v) is 3.02. The minimum absolute atomic E-state index is 0.381. The van der Waals surface area contributed by atoms with E-state index in [2.05, 4.69) is 17.6 Å². The van der Waals surface area contributed by atoms with Crippen molar-refractivity contribution in [2.75, 3.05) is 11.9 Å². The highest BCUT2D eigenvalue weighted by Crippen LogP contribution is 2.30. The average Bonchev–Trinajstić information content (AvgIpc) is 2.63. The standard InChI is InChI=1S/C15H22Cl2N2/c1-11(10-12-6-3-2-4-9-18-12)19-14-8-5-7-13(16)15(14)17/h5,7-8,11-12,18-19H,2-4,6,9-10H2,1H3. The normalized spacial score (nSPS) is 21.7. The van der Waals surface area contributed by atoms with Crippen LogP contribution in [0, 0.1) is 0 Å². The number of hydrogen-bond acceptors (Lipinski definition) is 2. The Balaban J connectivity index is 1.89. The van der Waals surface area contributed by atoms with Crippen molar-refractivity contribution in [1.82, 2.24) is 5.32 Å². The van der Waals surface area contributed by atoms with Gasteiger partial charge in [0.15, 0.2) is 0 Å². The summed E-state index contributed by atoms with van der Waals surface area (Å²) in [5.41, 5.74) is 0.926. The second-order valence-electron chi connectivity index (χ2n) is 5.38. The second-order valence-corrected chi connectivity index (χ2v) is 6.17. The van der Waals surface area contributed by atoms with Crippen molar-refractivity contribution < 1.29 is 0 Å². The summed E-state index contributed by atoms with van der Waals surface area (Å²) in [7, 11) is 0. The molecule has 0 aliphatic carbocycles. The number of nitrogens with one attached hydrogen (secondary N) is 2. The maximum atomic E-state index is 6.20. The quantitative estimate of drug-likeness (QED) is 0.841. The molecular formula is C15H22Cl2N2. The molecule has 2 nitrogen and oxygen atoms in total. The second kappa shape index (κ2) is 7.37. The molecule has 0 bridgehead atoms. The average molecular weight is 301 g/mol. The molecule has 0 spiro atoms. The minimum atomic E-state index is 0.381. The highest BCUT2D eigenvalue weighted by molar-refractivity contribution is 6.43. The Kier molecular flexibility index (Phi) is 5.80. The van der Waals surface area contributed by atoms with Crippen molar-refractivity contribution in [3.05, 3.63) is 28.2 Å². The van der Waals surface area contributed by atoms with Crippen LogP contribution in [0.15, 0.2) is 18.2 Å². The topological polar surface area (TPSA) is 24.1 Å². The molecule has 0 amide bonds. The maximum Gasteiger partial charge on any atom is 0.0823 e. The van der Waals surface area contributed by atoms with Gasteiger partial charge in [0.2, 0.25) is 0 Å². The van der Waals surface area contributed by atoms with Crippen LogP contribution >= 0.6 is 23.2 Å². The summed E-state index contributed by atoms with van der Waals surface area (Å²) in [4.78, 5) is 0. The monoisotopic (exact) mass is 300 g/mol. The Morgan fingerprint density at radius 2 is 2.16 bits per heavy atom. The van der Waals surface area contributed by atoms with Crippen molar-refractivity contribution in [1.29, 1.82) is 0 Å². The van der Waals surface area contributed by atoms with Gasteiger partial charge in [-0.2, -0.15) is 0 Å². The van der Waals surface area contributed by atoms with Crippen LogP contribution in [0.2, 0.25) is 10.0 Å². The summed E-state index contributed by atoms with van der Waals surface area (Å²) in [6.45, 7) is 3.35. The molecule has 19 heavy (non-hydrogen) atoms. The number of hydrogen-bond donors (Lipinski definition) is 2. The van der Waals surface area contributed by atoms with Crippen molar-refractivity contribution in [3.8, 4) is 0 Å². The van der Waals surface area contributed by atoms with Gasteiger partial charge in [0.25, 0.3) is 0 Å². The molecule has 2 unspecified atom stereocenters. The molecule has 1 aromatic rings. The molecule has 0 radical (unpaired) electrons. The third-order valence-electron chi connectivity index (χ3n) is 3.65. The Hall–Kier alpha value is -0.440. The molecule has 0 saturated carbocycles. The zero-order valence-corrected chi connectivity index (χ0v) is 12.9. The van der Waals surface area contributed by atoms with E-state index < -0.39 is 0 Å². The smallest absolute Gasteiger partial charge is 0.0823 e. The van der Waals surface area contributed by atoms with Crippen LogP contribution in [-0.4, -0.2) is 18.6 Å². The highest BCUT2D eigenvalue weighted by atomic mass is 35.5. The molecule has 1 aromatic carbocycles. The van der Waals surface area contributed by atoms with Gasteiger partial charge in [-0.3, -0.25) is 0 Å². The van der Waals surface area contributed by atoms with Crippen LogP contribution in [0.4, 0.5) is 5.69 Å². The largest absolute Gasteiger partial charge is 0.381 e. The van der Waals surface area contributed by atoms with E-state index >= 15 is 0 Å². The van der Waals surface area contributed by atoms with E-state index in [4.69, 9.17) is 23.2 Å². The molecule has 1 fully saturated rings. The predicted octanol–water partition coefficient (Wildman–Crippen LogP) is 4.72. The molecule has 106 valence electrons. The van der Waals surface area contributed by atoms with Gasteiger partial charge in [0, 0.05) is 12.1 Å². The zero-order valence-electron chi connectivity index (χ0n) is 11.4. The third-order valence-corrected chi connectivity index (χ3v) is 4.47. The number of rotatable bonds is 4. The molecule has 0 aromatic heterocycles. The van der Waals surface area contributed by atoms with E-state index in [-0.39, 0.29) is 0 Å². The van der Waals surface area contributed by atoms with Crippen molar-refractivity contribution in [2.24, 2.45) is 0 Å². The van der Waals surface area contributed by atoms with Crippen molar-refractivity contribution in [2.45, 2.75) is 51.1 Å². The molecular weight excluding hydrogens is 279 g/mol. The van der Waals surface area contributed by atoms with Gasteiger partial charge >= 0.3 is 0 Å². The highest BCUT2D eigenvalue weighted by Gasteiger charge is 2.15. The Labute approximate surface area is 125 Å². The van der Waals surface area contributed by atoms with E-state index in [1.54, 1.807) is 0 Å². The summed E-state index contributed by atoms with van der Waals surface area (Å²) in [6, 6.07) is 6.71. The number of anilines is 1. The van der Waals surface area contributed by atoms with E-state index in [1.165, 1.54) is 25.7 Å². The van der Waals surface area contributed by atoms with E-state index in [0.717, 1.165) is 18.7 Å². The molecule has 2 atom stereocenters. The summed E-state index contributed by atoms with van der Waals surface area (Å²) in [5, 5.41) is 8.31. The number of halogens is 2. The zero-order chi connectivity index (χ0) is 13.7. The lowest BCUT2D eigenvalue weighted by Crippen LogP contribution is -2.33. The Bertz CT molecular complexity index is 401. The van der Waals surface area contributed by atoms with Crippen LogP contribution in [0.1, 0.15) is 39.0 Å². The van der Waals surface area contributed by atoms with Gasteiger partial charge in [-0.15, -0.1) is 0 Å². The fraction of sp³-hybridized carbons (Fsp3) is 0.600. The van der Waals surface area contributed by atoms with Crippen LogP contribution in [0.25, 0.3) is 0 Å². The van der Waals surface area contributed by atoms with Crippen molar-refractivity contribution >= 4 is 28.9 Å². The Morgan fingerprint density at radius 3 is 3.00 bits per heavy atom. The van der Waals surface area contributed by atoms with Gasteiger partial charge in [0.1, 0.15) is 0 Å². The first kappa shape index (κ1) is 15.0. The summed E-state index contributed by atoms with van der Waals surface area (Å²) >= 11 is 12.2. The first-order valence-corrected chi connectivity index (χ1v) is 7.86. The van der Waals surface area contributed by atoms with Crippen molar-refractivity contribution in [3.63, 3.8) is 0 Å². The molecule has 2 rings (SSSR count). The lowest BCUT2D eigenvalue weighted by atomic mass is 10.0. The third kappa shape index (κ3) is 4.55. The molecule has 4 heteroatoms. The maximum absolute atomic E-state index is 6.20. The summed E-state index contributed by atoms with van der Waals surface area (Å²) in [5.74, 6) is 0. The molecule has 1 aliphatic rings. The van der Waals surface area contributed by atoms with Crippen LogP contribution in [0.5, 0.6) is 0 Å². The first-order chi connectivity index (χ1) is 9.16. The van der Waals surface area contributed by atoms with Crippen LogP contribution in [-0.2, 0) is 0 Å². The minimum Gasteiger partial charge on any atom is -0.381 e. The van der Waals surface area contributed by atoms with Crippen LogP contribution in [0.3, 0.4) is 0 Å². The summed E-state index contributed by atoms with van der Waals surface area (Å²) < 4.78 is 0. The molecule has 2 N–H and O–H groups in total. The number of benzene rings is 1. The van der Waals surface area contributed by atoms with Gasteiger partial charge in [0.05, 0.1) is 15.7 Å². The van der Waals surface area contributed by atoms with Crippen LogP contribution < -0.4 is 10.6 Å². The molecule has 1 heterocycles. The van der Waals surface area contributed by atoms with E-state index in [1.807, 2.05) is 18.2 Å². The lowest BCUT2D eigenvalue weighted by Gasteiger charge is -2.22. The van der Waals surface area contributed by atoms with Gasteiger partial charge in [-0.05, 0) is 44.9 Å². The SMILES string of the molecule is CC(CC1CCCCCN1)Nc1cccc(Cl)c1Cl. The van der Waals surface area contributed by atoms with Gasteiger partial charge in [-0.1, -0.05) is 42.1 Å². The lowest BCUT2D eigenvalue weighted by molar-refractivity contribution is 0.456. The predicted molar refractivity (Wildman–Crippen MR) is 84.4 cm³/mol.